The van der Waals surface area contributed by atoms with Gasteiger partial charge in [-0.25, -0.2) is 4.98 Å². The SMILES string of the molecule is CCCc1cc(-c2nc3c(s2)CCCC3)ccc1OCCCOC1=CC2=C(CC1)[C@H](CC(=O)O)CC2. The van der Waals surface area contributed by atoms with Gasteiger partial charge in [0.1, 0.15) is 10.8 Å². The van der Waals surface area contributed by atoms with Crippen molar-refractivity contribution < 1.29 is 19.4 Å². The Morgan fingerprint density at radius 2 is 1.97 bits per heavy atom. The first kappa shape index (κ1) is 25.1. The van der Waals surface area contributed by atoms with Gasteiger partial charge in [0.2, 0.25) is 0 Å². The maximum absolute atomic E-state index is 11.1. The first-order valence-electron chi connectivity index (χ1n) is 13.6. The van der Waals surface area contributed by atoms with Crippen LogP contribution in [0.15, 0.2) is 41.2 Å². The molecule has 36 heavy (non-hydrogen) atoms. The molecule has 0 saturated heterocycles. The van der Waals surface area contributed by atoms with Crippen molar-refractivity contribution in [2.75, 3.05) is 13.2 Å². The summed E-state index contributed by atoms with van der Waals surface area (Å²) in [5.41, 5.74) is 6.44. The molecule has 0 radical (unpaired) electrons. The maximum Gasteiger partial charge on any atom is 0.303 e. The second-order valence-electron chi connectivity index (χ2n) is 10.2. The molecule has 1 N–H and O–H groups in total. The Balaban J connectivity index is 1.13. The summed E-state index contributed by atoms with van der Waals surface area (Å²) >= 11 is 1.86. The number of aryl methyl sites for hydroxylation is 3. The van der Waals surface area contributed by atoms with Crippen LogP contribution < -0.4 is 4.74 Å². The van der Waals surface area contributed by atoms with Crippen LogP contribution in [0.4, 0.5) is 0 Å². The summed E-state index contributed by atoms with van der Waals surface area (Å²) in [5.74, 6) is 1.53. The van der Waals surface area contributed by atoms with E-state index in [-0.39, 0.29) is 12.3 Å². The van der Waals surface area contributed by atoms with Crippen molar-refractivity contribution in [3.05, 3.63) is 57.3 Å². The van der Waals surface area contributed by atoms with Crippen LogP contribution in [-0.2, 0) is 28.8 Å². The molecule has 192 valence electrons. The van der Waals surface area contributed by atoms with Crippen LogP contribution in [0.1, 0.15) is 80.8 Å². The third kappa shape index (κ3) is 5.86. The Labute approximate surface area is 218 Å². The number of aromatic nitrogens is 1. The van der Waals surface area contributed by atoms with Gasteiger partial charge in [-0.3, -0.25) is 4.79 Å². The fourth-order valence-electron chi connectivity index (χ4n) is 5.77. The van der Waals surface area contributed by atoms with Crippen molar-refractivity contribution in [2.45, 2.75) is 84.0 Å². The highest BCUT2D eigenvalue weighted by molar-refractivity contribution is 7.15. The van der Waals surface area contributed by atoms with Gasteiger partial charge in [0.15, 0.2) is 0 Å². The quantitative estimate of drug-likeness (QED) is 0.324. The fourth-order valence-corrected chi connectivity index (χ4v) is 6.91. The van der Waals surface area contributed by atoms with Crippen LogP contribution in [0.2, 0.25) is 0 Å². The molecule has 5 nitrogen and oxygen atoms in total. The Kier molecular flexibility index (Phi) is 8.10. The summed E-state index contributed by atoms with van der Waals surface area (Å²) in [4.78, 5) is 17.5. The zero-order chi connectivity index (χ0) is 24.9. The molecule has 0 amide bonds. The van der Waals surface area contributed by atoms with Crippen LogP contribution in [0.25, 0.3) is 10.6 Å². The van der Waals surface area contributed by atoms with Gasteiger partial charge in [0.25, 0.3) is 0 Å². The predicted octanol–water partition coefficient (Wildman–Crippen LogP) is 7.29. The van der Waals surface area contributed by atoms with Crippen molar-refractivity contribution in [1.82, 2.24) is 4.98 Å². The Hall–Kier alpha value is -2.60. The molecule has 1 atom stereocenters. The highest BCUT2D eigenvalue weighted by Gasteiger charge is 2.29. The minimum Gasteiger partial charge on any atom is -0.498 e. The summed E-state index contributed by atoms with van der Waals surface area (Å²) in [7, 11) is 0. The lowest BCUT2D eigenvalue weighted by atomic mass is 9.90. The third-order valence-electron chi connectivity index (χ3n) is 7.57. The minimum absolute atomic E-state index is 0.216. The Morgan fingerprint density at radius 1 is 1.11 bits per heavy atom. The van der Waals surface area contributed by atoms with E-state index in [0.717, 1.165) is 67.9 Å². The average molecular weight is 508 g/mol. The fraction of sp³-hybridized carbons (Fsp3) is 0.533. The van der Waals surface area contributed by atoms with Crippen LogP contribution in [0.3, 0.4) is 0 Å². The number of rotatable bonds is 11. The zero-order valence-corrected chi connectivity index (χ0v) is 22.1. The van der Waals surface area contributed by atoms with E-state index in [4.69, 9.17) is 19.6 Å². The number of fused-ring (bicyclic) bond motifs is 1. The monoisotopic (exact) mass is 507 g/mol. The standard InChI is InChI=1S/C30H37NO4S/c1-2-6-22-17-23(30-31-26-7-3-4-8-28(26)36-30)11-14-27(22)35-16-5-15-34-24-12-13-25-20(18-24)9-10-21(25)19-29(32)33/h11,14,17-18,21H,2-10,12-13,15-16,19H2,1H3,(H,32,33)/t21-/m0/s1. The van der Waals surface area contributed by atoms with Crippen LogP contribution in [0.5, 0.6) is 5.75 Å². The summed E-state index contributed by atoms with van der Waals surface area (Å²) in [5, 5.41) is 10.3. The minimum atomic E-state index is -0.696. The lowest BCUT2D eigenvalue weighted by Gasteiger charge is -2.20. The molecule has 5 rings (SSSR count). The second-order valence-corrected chi connectivity index (χ2v) is 11.3. The first-order chi connectivity index (χ1) is 17.6. The molecule has 1 aromatic carbocycles. The van der Waals surface area contributed by atoms with E-state index in [9.17, 15) is 4.79 Å². The summed E-state index contributed by atoms with van der Waals surface area (Å²) in [6.45, 7) is 3.47. The molecule has 1 aromatic heterocycles. The molecule has 1 heterocycles. The lowest BCUT2D eigenvalue weighted by Crippen LogP contribution is -2.10. The molecular weight excluding hydrogens is 470 g/mol. The largest absolute Gasteiger partial charge is 0.498 e. The van der Waals surface area contributed by atoms with Crippen LogP contribution in [0, 0.1) is 5.92 Å². The Bertz CT molecular complexity index is 1140. The second kappa shape index (κ2) is 11.6. The molecule has 0 unspecified atom stereocenters. The molecule has 6 heteroatoms. The number of hydrogen-bond donors (Lipinski definition) is 1. The molecule has 0 saturated carbocycles. The first-order valence-corrected chi connectivity index (χ1v) is 14.4. The van der Waals surface area contributed by atoms with Crippen molar-refractivity contribution in [3.63, 3.8) is 0 Å². The van der Waals surface area contributed by atoms with E-state index in [1.807, 2.05) is 11.3 Å². The molecule has 0 bridgehead atoms. The van der Waals surface area contributed by atoms with Gasteiger partial charge in [-0.15, -0.1) is 11.3 Å². The third-order valence-corrected chi connectivity index (χ3v) is 8.78. The molecule has 0 spiro atoms. The van der Waals surface area contributed by atoms with Gasteiger partial charge in [-0.1, -0.05) is 18.9 Å². The summed E-state index contributed by atoms with van der Waals surface area (Å²) in [6.07, 6.45) is 13.9. The van der Waals surface area contributed by atoms with Crippen molar-refractivity contribution >= 4 is 17.3 Å². The average Bonchev–Trinajstić information content (AvgIpc) is 3.48. The van der Waals surface area contributed by atoms with Crippen molar-refractivity contribution in [3.8, 4) is 16.3 Å². The molecular formula is C30H37NO4S. The molecule has 0 fully saturated rings. The smallest absolute Gasteiger partial charge is 0.303 e. The molecule has 3 aliphatic carbocycles. The van der Waals surface area contributed by atoms with Crippen LogP contribution >= 0.6 is 11.3 Å². The number of nitrogens with zero attached hydrogens (tertiary/aromatic N) is 1. The van der Waals surface area contributed by atoms with E-state index in [1.54, 1.807) is 0 Å². The number of carbonyl (C=O) groups is 1. The topological polar surface area (TPSA) is 68.7 Å². The van der Waals surface area contributed by atoms with Crippen molar-refractivity contribution in [2.24, 2.45) is 5.92 Å². The summed E-state index contributed by atoms with van der Waals surface area (Å²) in [6, 6.07) is 6.55. The number of carboxylic acids is 1. The van der Waals surface area contributed by atoms with Gasteiger partial charge in [0.05, 0.1) is 31.1 Å². The van der Waals surface area contributed by atoms with Gasteiger partial charge < -0.3 is 14.6 Å². The molecule has 2 aromatic rings. The van der Waals surface area contributed by atoms with E-state index >= 15 is 0 Å². The van der Waals surface area contributed by atoms with Gasteiger partial charge >= 0.3 is 5.97 Å². The normalized spacial score (nSPS) is 19.0. The maximum atomic E-state index is 11.1. The zero-order valence-electron chi connectivity index (χ0n) is 21.3. The van der Waals surface area contributed by atoms with Gasteiger partial charge in [0, 0.05) is 23.3 Å². The van der Waals surface area contributed by atoms with Gasteiger partial charge in [-0.05, 0) is 92.7 Å². The lowest BCUT2D eigenvalue weighted by molar-refractivity contribution is -0.137. The van der Waals surface area contributed by atoms with E-state index in [1.165, 1.54) is 52.1 Å². The number of hydrogen-bond acceptors (Lipinski definition) is 5. The van der Waals surface area contributed by atoms with Crippen molar-refractivity contribution in [1.29, 1.82) is 0 Å². The van der Waals surface area contributed by atoms with E-state index in [0.29, 0.717) is 13.2 Å². The Morgan fingerprint density at radius 3 is 2.81 bits per heavy atom. The molecule has 3 aliphatic rings. The molecule has 0 aliphatic heterocycles. The van der Waals surface area contributed by atoms with E-state index in [2.05, 4.69) is 31.2 Å². The predicted molar refractivity (Wildman–Crippen MR) is 144 cm³/mol. The van der Waals surface area contributed by atoms with E-state index < -0.39 is 5.97 Å². The van der Waals surface area contributed by atoms with Gasteiger partial charge in [-0.2, -0.15) is 0 Å². The number of benzene rings is 1. The number of allylic oxidation sites excluding steroid dienone is 4. The van der Waals surface area contributed by atoms with Crippen LogP contribution in [-0.4, -0.2) is 29.3 Å². The highest BCUT2D eigenvalue weighted by atomic mass is 32.1. The highest BCUT2D eigenvalue weighted by Crippen LogP contribution is 2.41. The summed E-state index contributed by atoms with van der Waals surface area (Å²) < 4.78 is 12.3. The number of ether oxygens (including phenoxy) is 2. The number of carboxylic acid groups (broad SMARTS) is 1. The number of thiazole rings is 1. The number of aliphatic carboxylic acids is 1.